The van der Waals surface area contributed by atoms with Gasteiger partial charge in [0, 0.05) is 19.6 Å². The largest absolute Gasteiger partial charge is 0.491 e. The highest BCUT2D eigenvalue weighted by molar-refractivity contribution is 5.29. The zero-order valence-electron chi connectivity index (χ0n) is 14.0. The van der Waals surface area contributed by atoms with Crippen molar-refractivity contribution >= 4 is 0 Å². The first-order valence-electron chi connectivity index (χ1n) is 9.02. The third-order valence-electron chi connectivity index (χ3n) is 4.97. The van der Waals surface area contributed by atoms with Crippen molar-refractivity contribution in [1.29, 1.82) is 0 Å². The Kier molecular flexibility index (Phi) is 6.31. The molecule has 0 bridgehead atoms. The van der Waals surface area contributed by atoms with Gasteiger partial charge in [-0.05, 0) is 36.5 Å². The summed E-state index contributed by atoms with van der Waals surface area (Å²) in [5, 5.41) is 10.1. The molecular weight excluding hydrogens is 290 g/mol. The van der Waals surface area contributed by atoms with Gasteiger partial charge in [0.2, 0.25) is 0 Å². The van der Waals surface area contributed by atoms with Crippen molar-refractivity contribution in [1.82, 2.24) is 4.90 Å². The summed E-state index contributed by atoms with van der Waals surface area (Å²) in [6, 6.07) is 8.48. The van der Waals surface area contributed by atoms with Gasteiger partial charge in [-0.25, -0.2) is 0 Å². The molecule has 1 aliphatic heterocycles. The number of aliphatic hydroxyl groups excluding tert-OH is 1. The Morgan fingerprint density at radius 1 is 1.09 bits per heavy atom. The molecule has 1 heterocycles. The van der Waals surface area contributed by atoms with Crippen LogP contribution in [0.5, 0.6) is 5.75 Å². The molecule has 1 aromatic carbocycles. The Morgan fingerprint density at radius 3 is 2.48 bits per heavy atom. The van der Waals surface area contributed by atoms with Crippen LogP contribution in [0.2, 0.25) is 0 Å². The summed E-state index contributed by atoms with van der Waals surface area (Å²) in [4.78, 5) is 2.23. The smallest absolute Gasteiger partial charge is 0.119 e. The maximum atomic E-state index is 10.1. The van der Waals surface area contributed by atoms with Gasteiger partial charge in [0.05, 0.1) is 13.2 Å². The molecule has 2 fully saturated rings. The van der Waals surface area contributed by atoms with Crippen molar-refractivity contribution in [2.75, 3.05) is 39.5 Å². The molecule has 23 heavy (non-hydrogen) atoms. The number of nitrogens with zero attached hydrogens (tertiary/aromatic N) is 1. The van der Waals surface area contributed by atoms with Crippen molar-refractivity contribution in [3.05, 3.63) is 29.8 Å². The quantitative estimate of drug-likeness (QED) is 0.875. The SMILES string of the molecule is O[C@@H](COc1ccc(C2CCCCC2)cc1)CN1CCOCC1. The van der Waals surface area contributed by atoms with Gasteiger partial charge in [-0.3, -0.25) is 4.90 Å². The maximum absolute atomic E-state index is 10.1. The number of hydrogen-bond donors (Lipinski definition) is 1. The van der Waals surface area contributed by atoms with Gasteiger partial charge < -0.3 is 14.6 Å². The fraction of sp³-hybridized carbons (Fsp3) is 0.684. The average molecular weight is 319 g/mol. The summed E-state index contributed by atoms with van der Waals surface area (Å²) in [7, 11) is 0. The Balaban J connectivity index is 1.42. The van der Waals surface area contributed by atoms with E-state index in [0.717, 1.165) is 38.0 Å². The number of benzene rings is 1. The van der Waals surface area contributed by atoms with Crippen LogP contribution in [0.3, 0.4) is 0 Å². The molecule has 1 atom stereocenters. The lowest BCUT2D eigenvalue weighted by atomic mass is 9.84. The van der Waals surface area contributed by atoms with E-state index in [-0.39, 0.29) is 0 Å². The van der Waals surface area contributed by atoms with Crippen LogP contribution in [-0.2, 0) is 4.74 Å². The molecule has 2 aliphatic rings. The van der Waals surface area contributed by atoms with E-state index < -0.39 is 6.10 Å². The lowest BCUT2D eigenvalue weighted by molar-refractivity contribution is 0.00465. The second-order valence-electron chi connectivity index (χ2n) is 6.78. The summed E-state index contributed by atoms with van der Waals surface area (Å²) < 4.78 is 11.1. The highest BCUT2D eigenvalue weighted by Gasteiger charge is 2.17. The second-order valence-corrected chi connectivity index (χ2v) is 6.78. The minimum absolute atomic E-state index is 0.347. The van der Waals surface area contributed by atoms with E-state index in [1.54, 1.807) is 0 Å². The zero-order valence-corrected chi connectivity index (χ0v) is 14.0. The number of ether oxygens (including phenoxy) is 2. The number of aliphatic hydroxyl groups is 1. The summed E-state index contributed by atoms with van der Waals surface area (Å²) in [6.07, 6.45) is 6.29. The van der Waals surface area contributed by atoms with Crippen LogP contribution < -0.4 is 4.74 Å². The Hall–Kier alpha value is -1.10. The predicted molar refractivity (Wildman–Crippen MR) is 91.0 cm³/mol. The van der Waals surface area contributed by atoms with Crippen molar-refractivity contribution in [3.8, 4) is 5.75 Å². The lowest BCUT2D eigenvalue weighted by Gasteiger charge is -2.28. The zero-order chi connectivity index (χ0) is 15.9. The molecule has 128 valence electrons. The Morgan fingerprint density at radius 2 is 1.78 bits per heavy atom. The molecule has 1 saturated heterocycles. The summed E-state index contributed by atoms with van der Waals surface area (Å²) in [5.41, 5.74) is 1.44. The molecule has 1 aliphatic carbocycles. The third kappa shape index (κ3) is 5.20. The van der Waals surface area contributed by atoms with Gasteiger partial charge >= 0.3 is 0 Å². The fourth-order valence-corrected chi connectivity index (χ4v) is 3.60. The molecule has 1 N–H and O–H groups in total. The van der Waals surface area contributed by atoms with Gasteiger partial charge in [-0.1, -0.05) is 31.4 Å². The average Bonchev–Trinajstić information content (AvgIpc) is 2.62. The van der Waals surface area contributed by atoms with E-state index in [0.29, 0.717) is 13.2 Å². The number of rotatable bonds is 6. The van der Waals surface area contributed by atoms with Crippen LogP contribution in [0.1, 0.15) is 43.6 Å². The molecule has 0 amide bonds. The summed E-state index contributed by atoms with van der Waals surface area (Å²) in [6.45, 7) is 4.32. The first-order chi connectivity index (χ1) is 11.3. The molecule has 4 nitrogen and oxygen atoms in total. The maximum Gasteiger partial charge on any atom is 0.119 e. The van der Waals surface area contributed by atoms with Crippen LogP contribution in [0, 0.1) is 0 Å². The van der Waals surface area contributed by atoms with Gasteiger partial charge in [0.25, 0.3) is 0 Å². The molecule has 4 heteroatoms. The van der Waals surface area contributed by atoms with Crippen molar-refractivity contribution < 1.29 is 14.6 Å². The highest BCUT2D eigenvalue weighted by atomic mass is 16.5. The Bertz CT molecular complexity index is 450. The molecule has 1 saturated carbocycles. The number of β-amino-alcohol motifs (C(OH)–C–C–N with tert-alkyl or cyclic N) is 1. The van der Waals surface area contributed by atoms with E-state index in [1.165, 1.54) is 37.7 Å². The topological polar surface area (TPSA) is 41.9 Å². The van der Waals surface area contributed by atoms with E-state index in [4.69, 9.17) is 9.47 Å². The first-order valence-corrected chi connectivity index (χ1v) is 9.02. The molecule has 0 unspecified atom stereocenters. The fourth-order valence-electron chi connectivity index (χ4n) is 3.60. The minimum Gasteiger partial charge on any atom is -0.491 e. The van der Waals surface area contributed by atoms with Gasteiger partial charge in [-0.15, -0.1) is 0 Å². The van der Waals surface area contributed by atoms with Crippen LogP contribution in [0.15, 0.2) is 24.3 Å². The molecule has 1 aromatic rings. The van der Waals surface area contributed by atoms with Crippen molar-refractivity contribution in [2.24, 2.45) is 0 Å². The molecule has 0 aromatic heterocycles. The van der Waals surface area contributed by atoms with E-state index in [2.05, 4.69) is 17.0 Å². The monoisotopic (exact) mass is 319 g/mol. The second kappa shape index (κ2) is 8.67. The van der Waals surface area contributed by atoms with E-state index >= 15 is 0 Å². The van der Waals surface area contributed by atoms with E-state index in [1.807, 2.05) is 12.1 Å². The molecule has 0 radical (unpaired) electrons. The molecule has 0 spiro atoms. The van der Waals surface area contributed by atoms with Crippen molar-refractivity contribution in [2.45, 2.75) is 44.1 Å². The predicted octanol–water partition coefficient (Wildman–Crippen LogP) is 2.81. The van der Waals surface area contributed by atoms with Crippen molar-refractivity contribution in [3.63, 3.8) is 0 Å². The highest BCUT2D eigenvalue weighted by Crippen LogP contribution is 2.33. The lowest BCUT2D eigenvalue weighted by Crippen LogP contribution is -2.42. The standard InChI is InChI=1S/C19H29NO3/c21-18(14-20-10-12-22-13-11-20)15-23-19-8-6-17(7-9-19)16-4-2-1-3-5-16/h6-9,16,18,21H,1-5,10-15H2/t18-/m1/s1. The van der Waals surface area contributed by atoms with Crippen LogP contribution in [-0.4, -0.2) is 55.6 Å². The van der Waals surface area contributed by atoms with Gasteiger partial charge in [0.15, 0.2) is 0 Å². The molecular formula is C19H29NO3. The first kappa shape index (κ1) is 16.7. The van der Waals surface area contributed by atoms with Gasteiger partial charge in [-0.2, -0.15) is 0 Å². The van der Waals surface area contributed by atoms with Crippen LogP contribution in [0.4, 0.5) is 0 Å². The third-order valence-corrected chi connectivity index (χ3v) is 4.97. The number of morpholine rings is 1. The van der Waals surface area contributed by atoms with Crippen LogP contribution in [0.25, 0.3) is 0 Å². The molecule has 3 rings (SSSR count). The van der Waals surface area contributed by atoms with Crippen LogP contribution >= 0.6 is 0 Å². The normalized spacial score (nSPS) is 22.0. The number of hydrogen-bond acceptors (Lipinski definition) is 4. The minimum atomic E-state index is -0.453. The van der Waals surface area contributed by atoms with E-state index in [9.17, 15) is 5.11 Å². The summed E-state index contributed by atoms with van der Waals surface area (Å²) >= 11 is 0. The summed E-state index contributed by atoms with van der Waals surface area (Å²) in [5.74, 6) is 1.58. The van der Waals surface area contributed by atoms with Gasteiger partial charge in [0.1, 0.15) is 18.5 Å². The Labute approximate surface area is 139 Å².